The number of hydrogen-bond donors (Lipinski definition) is 0. The zero-order chi connectivity index (χ0) is 11.3. The fourth-order valence-electron chi connectivity index (χ4n) is 1.32. The second-order valence-electron chi connectivity index (χ2n) is 3.40. The number of esters is 1. The predicted octanol–water partition coefficient (Wildman–Crippen LogP) is 3.25. The molecule has 0 saturated heterocycles. The van der Waals surface area contributed by atoms with Crippen molar-refractivity contribution >= 4 is 21.9 Å². The first-order valence-electron chi connectivity index (χ1n) is 5.04. The summed E-state index contributed by atoms with van der Waals surface area (Å²) < 4.78 is 5.93. The van der Waals surface area contributed by atoms with Gasteiger partial charge in [0.15, 0.2) is 0 Å². The van der Waals surface area contributed by atoms with Gasteiger partial charge in [-0.25, -0.2) is 0 Å². The molecule has 2 nitrogen and oxygen atoms in total. The summed E-state index contributed by atoms with van der Waals surface area (Å²) in [5.74, 6) is -0.134. The van der Waals surface area contributed by atoms with Crippen LogP contribution in [0.3, 0.4) is 0 Å². The highest BCUT2D eigenvalue weighted by Gasteiger charge is 2.05. The van der Waals surface area contributed by atoms with Crippen molar-refractivity contribution in [3.05, 3.63) is 33.8 Å². The number of benzene rings is 1. The Balaban J connectivity index is 2.54. The first-order chi connectivity index (χ1) is 7.13. The van der Waals surface area contributed by atoms with Crippen LogP contribution in [0.25, 0.3) is 0 Å². The molecule has 3 heteroatoms. The van der Waals surface area contributed by atoms with Crippen LogP contribution < -0.4 is 0 Å². The molecule has 0 aliphatic heterocycles. The van der Waals surface area contributed by atoms with Crippen LogP contribution in [-0.2, 0) is 16.0 Å². The van der Waals surface area contributed by atoms with Crippen LogP contribution in [0.5, 0.6) is 0 Å². The molecule has 82 valence electrons. The molecule has 0 saturated carbocycles. The summed E-state index contributed by atoms with van der Waals surface area (Å²) in [6.45, 7) is 4.31. The smallest absolute Gasteiger partial charge is 0.306 e. The molecule has 0 amide bonds. The van der Waals surface area contributed by atoms with Crippen LogP contribution in [0.2, 0.25) is 0 Å². The van der Waals surface area contributed by atoms with E-state index in [2.05, 4.69) is 22.0 Å². The minimum atomic E-state index is -0.134. The van der Waals surface area contributed by atoms with Crippen molar-refractivity contribution in [2.45, 2.75) is 26.7 Å². The Hall–Kier alpha value is -0.830. The lowest BCUT2D eigenvalue weighted by atomic mass is 10.1. The standard InChI is InChI=1S/C12H15BrO2/c1-3-15-12(14)7-6-10-5-4-9(2)8-11(10)13/h4-5,8H,3,6-7H2,1-2H3. The normalized spacial score (nSPS) is 10.1. The molecule has 0 aliphatic rings. The summed E-state index contributed by atoms with van der Waals surface area (Å²) in [4.78, 5) is 11.2. The van der Waals surface area contributed by atoms with Gasteiger partial charge in [-0.1, -0.05) is 28.1 Å². The van der Waals surface area contributed by atoms with E-state index < -0.39 is 0 Å². The number of halogens is 1. The number of ether oxygens (including phenoxy) is 1. The molecule has 1 rings (SSSR count). The van der Waals surface area contributed by atoms with Gasteiger partial charge in [-0.3, -0.25) is 4.79 Å². The lowest BCUT2D eigenvalue weighted by Gasteiger charge is -2.05. The number of aryl methyl sites for hydroxylation is 2. The quantitative estimate of drug-likeness (QED) is 0.786. The van der Waals surface area contributed by atoms with Crippen molar-refractivity contribution in [1.82, 2.24) is 0 Å². The van der Waals surface area contributed by atoms with Gasteiger partial charge >= 0.3 is 5.97 Å². The van der Waals surface area contributed by atoms with Crippen LogP contribution in [0.15, 0.2) is 22.7 Å². The third-order valence-corrected chi connectivity index (χ3v) is 2.85. The highest BCUT2D eigenvalue weighted by molar-refractivity contribution is 9.10. The van der Waals surface area contributed by atoms with E-state index in [-0.39, 0.29) is 5.97 Å². The largest absolute Gasteiger partial charge is 0.466 e. The van der Waals surface area contributed by atoms with Gasteiger partial charge < -0.3 is 4.74 Å². The Bertz CT molecular complexity index is 347. The molecule has 0 fully saturated rings. The van der Waals surface area contributed by atoms with E-state index in [1.54, 1.807) is 0 Å². The van der Waals surface area contributed by atoms with E-state index in [1.807, 2.05) is 26.0 Å². The summed E-state index contributed by atoms with van der Waals surface area (Å²) in [5.41, 5.74) is 2.36. The monoisotopic (exact) mass is 270 g/mol. The van der Waals surface area contributed by atoms with Crippen LogP contribution in [0, 0.1) is 6.92 Å². The van der Waals surface area contributed by atoms with Gasteiger partial charge in [0.2, 0.25) is 0 Å². The maximum atomic E-state index is 11.2. The minimum absolute atomic E-state index is 0.134. The molecule has 0 aromatic heterocycles. The van der Waals surface area contributed by atoms with Gasteiger partial charge in [0, 0.05) is 10.9 Å². The summed E-state index contributed by atoms with van der Waals surface area (Å²) in [6.07, 6.45) is 1.16. The fraction of sp³-hybridized carbons (Fsp3) is 0.417. The molecule has 0 radical (unpaired) electrons. The third-order valence-electron chi connectivity index (χ3n) is 2.11. The molecule has 0 N–H and O–H groups in total. The highest BCUT2D eigenvalue weighted by atomic mass is 79.9. The number of rotatable bonds is 4. The molecule has 0 spiro atoms. The molecule has 15 heavy (non-hydrogen) atoms. The first-order valence-corrected chi connectivity index (χ1v) is 5.83. The molecule has 1 aromatic carbocycles. The summed E-state index contributed by atoms with van der Waals surface area (Å²) >= 11 is 3.48. The van der Waals surface area contributed by atoms with Gasteiger partial charge in [-0.2, -0.15) is 0 Å². The lowest BCUT2D eigenvalue weighted by Crippen LogP contribution is -2.05. The molecule has 0 bridgehead atoms. The second kappa shape index (κ2) is 5.91. The lowest BCUT2D eigenvalue weighted by molar-refractivity contribution is -0.143. The number of hydrogen-bond acceptors (Lipinski definition) is 2. The maximum Gasteiger partial charge on any atom is 0.306 e. The summed E-state index contributed by atoms with van der Waals surface area (Å²) in [7, 11) is 0. The van der Waals surface area contributed by atoms with E-state index in [1.165, 1.54) is 5.56 Å². The van der Waals surface area contributed by atoms with Gasteiger partial charge in [-0.05, 0) is 37.5 Å². The average Bonchev–Trinajstić information content (AvgIpc) is 2.17. The summed E-state index contributed by atoms with van der Waals surface area (Å²) in [5, 5.41) is 0. The Morgan fingerprint density at radius 2 is 2.20 bits per heavy atom. The Kier molecular flexibility index (Phi) is 4.82. The highest BCUT2D eigenvalue weighted by Crippen LogP contribution is 2.19. The van der Waals surface area contributed by atoms with Crippen LogP contribution in [0.1, 0.15) is 24.5 Å². The van der Waals surface area contributed by atoms with Crippen molar-refractivity contribution in [3.63, 3.8) is 0 Å². The van der Waals surface area contributed by atoms with Crippen molar-refractivity contribution in [2.24, 2.45) is 0 Å². The average molecular weight is 271 g/mol. The third kappa shape index (κ3) is 4.04. The van der Waals surface area contributed by atoms with E-state index >= 15 is 0 Å². The van der Waals surface area contributed by atoms with Crippen LogP contribution in [0.4, 0.5) is 0 Å². The van der Waals surface area contributed by atoms with Crippen molar-refractivity contribution < 1.29 is 9.53 Å². The molecule has 1 aromatic rings. The molecular weight excluding hydrogens is 256 g/mol. The second-order valence-corrected chi connectivity index (χ2v) is 4.25. The van der Waals surface area contributed by atoms with Gasteiger partial charge in [0.25, 0.3) is 0 Å². The van der Waals surface area contributed by atoms with Gasteiger partial charge in [-0.15, -0.1) is 0 Å². The van der Waals surface area contributed by atoms with E-state index in [0.29, 0.717) is 13.0 Å². The van der Waals surface area contributed by atoms with Gasteiger partial charge in [0.1, 0.15) is 0 Å². The SMILES string of the molecule is CCOC(=O)CCc1ccc(C)cc1Br. The first kappa shape index (κ1) is 12.2. The van der Waals surface area contributed by atoms with Crippen molar-refractivity contribution in [1.29, 1.82) is 0 Å². The Morgan fingerprint density at radius 3 is 2.80 bits per heavy atom. The zero-order valence-electron chi connectivity index (χ0n) is 9.05. The molecule has 0 unspecified atom stereocenters. The topological polar surface area (TPSA) is 26.3 Å². The van der Waals surface area contributed by atoms with Crippen LogP contribution >= 0.6 is 15.9 Å². The van der Waals surface area contributed by atoms with Crippen molar-refractivity contribution in [2.75, 3.05) is 6.61 Å². The minimum Gasteiger partial charge on any atom is -0.466 e. The van der Waals surface area contributed by atoms with Crippen LogP contribution in [-0.4, -0.2) is 12.6 Å². The fourth-order valence-corrected chi connectivity index (χ4v) is 2.02. The van der Waals surface area contributed by atoms with E-state index in [4.69, 9.17) is 4.74 Å². The molecular formula is C12H15BrO2. The predicted molar refractivity (Wildman–Crippen MR) is 63.8 cm³/mol. The van der Waals surface area contributed by atoms with Gasteiger partial charge in [0.05, 0.1) is 6.61 Å². The van der Waals surface area contributed by atoms with E-state index in [0.717, 1.165) is 16.5 Å². The Labute approximate surface area is 98.8 Å². The molecule has 0 atom stereocenters. The molecule has 0 aliphatic carbocycles. The van der Waals surface area contributed by atoms with E-state index in [9.17, 15) is 4.79 Å². The molecule has 0 heterocycles. The zero-order valence-corrected chi connectivity index (χ0v) is 10.6. The summed E-state index contributed by atoms with van der Waals surface area (Å²) in [6, 6.07) is 6.14. The number of carbonyl (C=O) groups is 1. The number of carbonyl (C=O) groups excluding carboxylic acids is 1. The van der Waals surface area contributed by atoms with Crippen molar-refractivity contribution in [3.8, 4) is 0 Å². The Morgan fingerprint density at radius 1 is 1.47 bits per heavy atom. The maximum absolute atomic E-state index is 11.2.